The normalized spacial score (nSPS) is 22.7. The molecule has 0 saturated carbocycles. The molecule has 0 aliphatic carbocycles. The highest BCUT2D eigenvalue weighted by Gasteiger charge is 2.26. The van der Waals surface area contributed by atoms with Crippen LogP contribution in [0.2, 0.25) is 5.02 Å². The van der Waals surface area contributed by atoms with Crippen LogP contribution < -0.4 is 10.1 Å². The third-order valence-corrected chi connectivity index (χ3v) is 4.71. The van der Waals surface area contributed by atoms with Gasteiger partial charge in [0.2, 0.25) is 0 Å². The van der Waals surface area contributed by atoms with E-state index in [2.05, 4.69) is 18.3 Å². The van der Waals surface area contributed by atoms with Crippen LogP contribution in [0.15, 0.2) is 12.1 Å². The second-order valence-corrected chi connectivity index (χ2v) is 6.43. The monoisotopic (exact) mass is 309 g/mol. The summed E-state index contributed by atoms with van der Waals surface area (Å²) in [5, 5.41) is 4.46. The molecule has 2 atom stereocenters. The first-order chi connectivity index (χ1) is 10.3. The number of hydrogen-bond donors (Lipinski definition) is 1. The van der Waals surface area contributed by atoms with Gasteiger partial charge in [-0.2, -0.15) is 0 Å². The number of likely N-dealkylation sites (N-methyl/N-ethyl adjacent to an activating group) is 1. The SMILES string of the molecule is CCNC(Cc1cc(Cl)cc2c1OCC2)C1CCCOC1. The van der Waals surface area contributed by atoms with E-state index in [1.54, 1.807) is 0 Å². The smallest absolute Gasteiger partial charge is 0.125 e. The molecule has 4 heteroatoms. The van der Waals surface area contributed by atoms with Crippen molar-refractivity contribution in [3.63, 3.8) is 0 Å². The lowest BCUT2D eigenvalue weighted by molar-refractivity contribution is 0.0395. The summed E-state index contributed by atoms with van der Waals surface area (Å²) in [6.45, 7) is 5.69. The molecule has 2 aliphatic heterocycles. The van der Waals surface area contributed by atoms with E-state index in [9.17, 15) is 0 Å². The van der Waals surface area contributed by atoms with Crippen molar-refractivity contribution < 1.29 is 9.47 Å². The zero-order chi connectivity index (χ0) is 14.7. The summed E-state index contributed by atoms with van der Waals surface area (Å²) in [4.78, 5) is 0. The van der Waals surface area contributed by atoms with Gasteiger partial charge in [0.25, 0.3) is 0 Å². The fourth-order valence-electron chi connectivity index (χ4n) is 3.49. The summed E-state index contributed by atoms with van der Waals surface area (Å²) in [5.74, 6) is 1.65. The number of ether oxygens (including phenoxy) is 2. The van der Waals surface area contributed by atoms with Gasteiger partial charge in [-0.05, 0) is 55.0 Å². The van der Waals surface area contributed by atoms with Crippen molar-refractivity contribution in [3.8, 4) is 5.75 Å². The van der Waals surface area contributed by atoms with Crippen molar-refractivity contribution in [2.75, 3.05) is 26.4 Å². The minimum atomic E-state index is 0.432. The van der Waals surface area contributed by atoms with Crippen molar-refractivity contribution in [1.29, 1.82) is 0 Å². The molecule has 21 heavy (non-hydrogen) atoms. The highest BCUT2D eigenvalue weighted by atomic mass is 35.5. The Morgan fingerprint density at radius 3 is 3.05 bits per heavy atom. The molecule has 0 amide bonds. The van der Waals surface area contributed by atoms with E-state index in [1.165, 1.54) is 17.5 Å². The number of halogens is 1. The van der Waals surface area contributed by atoms with E-state index in [-0.39, 0.29) is 0 Å². The Labute approximate surface area is 132 Å². The molecule has 1 N–H and O–H groups in total. The summed E-state index contributed by atoms with van der Waals surface area (Å²) in [5.41, 5.74) is 2.50. The maximum atomic E-state index is 6.27. The zero-order valence-electron chi connectivity index (χ0n) is 12.7. The van der Waals surface area contributed by atoms with Gasteiger partial charge in [-0.15, -0.1) is 0 Å². The molecular weight excluding hydrogens is 286 g/mol. The zero-order valence-corrected chi connectivity index (χ0v) is 13.4. The fourth-order valence-corrected chi connectivity index (χ4v) is 3.75. The summed E-state index contributed by atoms with van der Waals surface area (Å²) < 4.78 is 11.5. The van der Waals surface area contributed by atoms with Crippen LogP contribution in [0.4, 0.5) is 0 Å². The van der Waals surface area contributed by atoms with Gasteiger partial charge >= 0.3 is 0 Å². The van der Waals surface area contributed by atoms with Crippen molar-refractivity contribution in [1.82, 2.24) is 5.32 Å². The third kappa shape index (κ3) is 3.53. The van der Waals surface area contributed by atoms with Crippen molar-refractivity contribution in [3.05, 3.63) is 28.3 Å². The Morgan fingerprint density at radius 1 is 1.38 bits per heavy atom. The molecule has 2 heterocycles. The Kier molecular flexibility index (Phi) is 5.04. The minimum Gasteiger partial charge on any atom is -0.493 e. The van der Waals surface area contributed by atoms with E-state index < -0.39 is 0 Å². The van der Waals surface area contributed by atoms with E-state index in [1.807, 2.05) is 6.07 Å². The topological polar surface area (TPSA) is 30.5 Å². The van der Waals surface area contributed by atoms with Crippen LogP contribution >= 0.6 is 11.6 Å². The number of hydrogen-bond acceptors (Lipinski definition) is 3. The Hall–Kier alpha value is -0.770. The first-order valence-corrected chi connectivity index (χ1v) is 8.41. The third-order valence-electron chi connectivity index (χ3n) is 4.50. The predicted molar refractivity (Wildman–Crippen MR) is 85.4 cm³/mol. The van der Waals surface area contributed by atoms with Crippen LogP contribution in [0.3, 0.4) is 0 Å². The highest BCUT2D eigenvalue weighted by Crippen LogP contribution is 2.34. The van der Waals surface area contributed by atoms with E-state index in [0.29, 0.717) is 12.0 Å². The Bertz CT molecular complexity index is 486. The maximum Gasteiger partial charge on any atom is 0.125 e. The molecule has 0 aromatic heterocycles. The molecule has 3 nitrogen and oxygen atoms in total. The summed E-state index contributed by atoms with van der Waals surface area (Å²) in [7, 11) is 0. The molecule has 1 fully saturated rings. The molecule has 3 rings (SSSR count). The van der Waals surface area contributed by atoms with Crippen LogP contribution in [0.1, 0.15) is 30.9 Å². The molecule has 2 unspecified atom stereocenters. The highest BCUT2D eigenvalue weighted by molar-refractivity contribution is 6.30. The molecule has 116 valence electrons. The van der Waals surface area contributed by atoms with Gasteiger partial charge in [-0.1, -0.05) is 18.5 Å². The molecule has 0 spiro atoms. The number of nitrogens with one attached hydrogen (secondary N) is 1. The Morgan fingerprint density at radius 2 is 2.29 bits per heavy atom. The molecule has 0 bridgehead atoms. The molecule has 0 radical (unpaired) electrons. The van der Waals surface area contributed by atoms with Gasteiger partial charge in [0, 0.05) is 24.1 Å². The van der Waals surface area contributed by atoms with Crippen molar-refractivity contribution in [2.24, 2.45) is 5.92 Å². The lowest BCUT2D eigenvalue weighted by Gasteiger charge is -2.31. The van der Waals surface area contributed by atoms with Gasteiger partial charge in [-0.25, -0.2) is 0 Å². The lowest BCUT2D eigenvalue weighted by Crippen LogP contribution is -2.41. The number of benzene rings is 1. The first-order valence-electron chi connectivity index (χ1n) is 8.03. The molecule has 1 saturated heterocycles. The van der Waals surface area contributed by atoms with Crippen LogP contribution in [0.25, 0.3) is 0 Å². The summed E-state index contributed by atoms with van der Waals surface area (Å²) >= 11 is 6.27. The molecular formula is C17H24ClNO2. The second kappa shape index (κ2) is 6.99. The molecule has 1 aromatic carbocycles. The van der Waals surface area contributed by atoms with Crippen LogP contribution in [0.5, 0.6) is 5.75 Å². The van der Waals surface area contributed by atoms with E-state index in [0.717, 1.165) is 56.4 Å². The van der Waals surface area contributed by atoms with Crippen LogP contribution in [0, 0.1) is 5.92 Å². The van der Waals surface area contributed by atoms with Gasteiger partial charge in [0.15, 0.2) is 0 Å². The van der Waals surface area contributed by atoms with Gasteiger partial charge in [-0.3, -0.25) is 0 Å². The first kappa shape index (κ1) is 15.1. The second-order valence-electron chi connectivity index (χ2n) is 6.00. The standard InChI is InChI=1S/C17H24ClNO2/c1-2-19-16(13-4-3-6-20-11-13)10-14-9-15(18)8-12-5-7-21-17(12)14/h8-9,13,16,19H,2-7,10-11H2,1H3. The largest absolute Gasteiger partial charge is 0.493 e. The number of rotatable bonds is 5. The fraction of sp³-hybridized carbons (Fsp3) is 0.647. The molecule has 1 aromatic rings. The predicted octanol–water partition coefficient (Wildman–Crippen LogP) is 3.22. The van der Waals surface area contributed by atoms with Gasteiger partial charge < -0.3 is 14.8 Å². The Balaban J connectivity index is 1.79. The van der Waals surface area contributed by atoms with Gasteiger partial charge in [0.05, 0.1) is 13.2 Å². The van der Waals surface area contributed by atoms with Crippen LogP contribution in [-0.4, -0.2) is 32.4 Å². The van der Waals surface area contributed by atoms with Crippen molar-refractivity contribution >= 4 is 11.6 Å². The molecule has 2 aliphatic rings. The summed E-state index contributed by atoms with van der Waals surface area (Å²) in [6, 6.07) is 4.54. The minimum absolute atomic E-state index is 0.432. The maximum absolute atomic E-state index is 6.27. The lowest BCUT2D eigenvalue weighted by atomic mass is 9.88. The van der Waals surface area contributed by atoms with E-state index >= 15 is 0 Å². The summed E-state index contributed by atoms with van der Waals surface area (Å²) in [6.07, 6.45) is 4.34. The van der Waals surface area contributed by atoms with Crippen molar-refractivity contribution in [2.45, 2.75) is 38.6 Å². The quantitative estimate of drug-likeness (QED) is 0.906. The average Bonchev–Trinajstić information content (AvgIpc) is 2.96. The van der Waals surface area contributed by atoms with Gasteiger partial charge in [0.1, 0.15) is 5.75 Å². The van der Waals surface area contributed by atoms with Crippen LogP contribution in [-0.2, 0) is 17.6 Å². The van der Waals surface area contributed by atoms with E-state index in [4.69, 9.17) is 21.1 Å². The number of fused-ring (bicyclic) bond motifs is 1. The average molecular weight is 310 g/mol.